The molecule has 0 unspecified atom stereocenters. The van der Waals surface area contributed by atoms with E-state index >= 15 is 0 Å². The predicted molar refractivity (Wildman–Crippen MR) is 71.2 cm³/mol. The second kappa shape index (κ2) is 7.41. The van der Waals surface area contributed by atoms with Crippen LogP contribution in [0.15, 0.2) is 24.3 Å². The number of hydrogen-bond acceptors (Lipinski definition) is 4. The molecular formula is C14H19NO4. The highest BCUT2D eigenvalue weighted by molar-refractivity contribution is 5.93. The van der Waals surface area contributed by atoms with Gasteiger partial charge in [-0.05, 0) is 26.0 Å². The van der Waals surface area contributed by atoms with Crippen molar-refractivity contribution in [3.8, 4) is 5.75 Å². The van der Waals surface area contributed by atoms with Crippen LogP contribution >= 0.6 is 0 Å². The van der Waals surface area contributed by atoms with Crippen molar-refractivity contribution in [2.24, 2.45) is 0 Å². The van der Waals surface area contributed by atoms with Crippen LogP contribution in [0.5, 0.6) is 5.75 Å². The van der Waals surface area contributed by atoms with E-state index in [9.17, 15) is 9.59 Å². The third kappa shape index (κ3) is 3.98. The quantitative estimate of drug-likeness (QED) is 0.735. The standard InChI is InChI=1S/C14H19NO4/c1-4-15(5-2)13(16)10-19-14(17)11-8-6-7-9-12(11)18-3/h6-9H,4-5,10H2,1-3H3. The number of rotatable bonds is 6. The Morgan fingerprint density at radius 1 is 1.16 bits per heavy atom. The molecule has 104 valence electrons. The van der Waals surface area contributed by atoms with Gasteiger partial charge in [0.1, 0.15) is 11.3 Å². The fourth-order valence-corrected chi connectivity index (χ4v) is 1.69. The van der Waals surface area contributed by atoms with E-state index in [0.29, 0.717) is 24.4 Å². The van der Waals surface area contributed by atoms with Crippen LogP contribution in [-0.2, 0) is 9.53 Å². The third-order valence-electron chi connectivity index (χ3n) is 2.77. The fourth-order valence-electron chi connectivity index (χ4n) is 1.69. The Morgan fingerprint density at radius 3 is 2.37 bits per heavy atom. The molecule has 0 saturated carbocycles. The van der Waals surface area contributed by atoms with Crippen molar-refractivity contribution in [2.75, 3.05) is 26.8 Å². The molecule has 0 aliphatic rings. The molecule has 0 saturated heterocycles. The summed E-state index contributed by atoms with van der Waals surface area (Å²) in [5.74, 6) is -0.325. The van der Waals surface area contributed by atoms with Gasteiger partial charge < -0.3 is 14.4 Å². The molecule has 0 aliphatic heterocycles. The number of esters is 1. The Bertz CT molecular complexity index is 441. The lowest BCUT2D eigenvalue weighted by molar-refractivity contribution is -0.134. The minimum Gasteiger partial charge on any atom is -0.496 e. The molecule has 1 aromatic rings. The first kappa shape index (κ1) is 15.0. The minimum absolute atomic E-state index is 0.201. The molecule has 0 atom stereocenters. The number of likely N-dealkylation sites (N-methyl/N-ethyl adjacent to an activating group) is 1. The maximum Gasteiger partial charge on any atom is 0.342 e. The van der Waals surface area contributed by atoms with E-state index in [1.807, 2.05) is 13.8 Å². The van der Waals surface area contributed by atoms with Crippen LogP contribution in [-0.4, -0.2) is 43.6 Å². The molecule has 1 rings (SSSR count). The van der Waals surface area contributed by atoms with Crippen molar-refractivity contribution in [3.05, 3.63) is 29.8 Å². The van der Waals surface area contributed by atoms with Crippen LogP contribution < -0.4 is 4.74 Å². The fraction of sp³-hybridized carbons (Fsp3) is 0.429. The van der Waals surface area contributed by atoms with Crippen LogP contribution in [0.4, 0.5) is 0 Å². The first-order chi connectivity index (χ1) is 9.13. The Labute approximate surface area is 113 Å². The van der Waals surface area contributed by atoms with Crippen molar-refractivity contribution >= 4 is 11.9 Å². The SMILES string of the molecule is CCN(CC)C(=O)COC(=O)c1ccccc1OC. The summed E-state index contributed by atoms with van der Waals surface area (Å²) in [5.41, 5.74) is 0.317. The molecule has 1 amide bonds. The molecule has 19 heavy (non-hydrogen) atoms. The van der Waals surface area contributed by atoms with Gasteiger partial charge in [-0.25, -0.2) is 4.79 Å². The van der Waals surface area contributed by atoms with Gasteiger partial charge in [-0.2, -0.15) is 0 Å². The van der Waals surface area contributed by atoms with E-state index in [-0.39, 0.29) is 12.5 Å². The van der Waals surface area contributed by atoms with Crippen molar-refractivity contribution in [2.45, 2.75) is 13.8 Å². The number of nitrogens with zero attached hydrogens (tertiary/aromatic N) is 1. The monoisotopic (exact) mass is 265 g/mol. The van der Waals surface area contributed by atoms with Gasteiger partial charge in [0.15, 0.2) is 6.61 Å². The van der Waals surface area contributed by atoms with E-state index in [1.54, 1.807) is 29.2 Å². The average molecular weight is 265 g/mol. The average Bonchev–Trinajstić information content (AvgIpc) is 2.45. The van der Waals surface area contributed by atoms with Crippen molar-refractivity contribution in [3.63, 3.8) is 0 Å². The van der Waals surface area contributed by atoms with Gasteiger partial charge in [-0.15, -0.1) is 0 Å². The topological polar surface area (TPSA) is 55.8 Å². The molecule has 0 bridgehead atoms. The highest BCUT2D eigenvalue weighted by Crippen LogP contribution is 2.18. The molecule has 0 radical (unpaired) electrons. The molecule has 1 aromatic carbocycles. The summed E-state index contributed by atoms with van der Waals surface area (Å²) in [6.45, 7) is 4.70. The summed E-state index contributed by atoms with van der Waals surface area (Å²) in [6, 6.07) is 6.74. The van der Waals surface area contributed by atoms with E-state index in [1.165, 1.54) is 7.11 Å². The summed E-state index contributed by atoms with van der Waals surface area (Å²) in [6.07, 6.45) is 0. The van der Waals surface area contributed by atoms with Crippen LogP contribution in [0.2, 0.25) is 0 Å². The smallest absolute Gasteiger partial charge is 0.342 e. The second-order valence-corrected chi connectivity index (χ2v) is 3.84. The van der Waals surface area contributed by atoms with E-state index in [2.05, 4.69) is 0 Å². The van der Waals surface area contributed by atoms with Crippen molar-refractivity contribution in [1.82, 2.24) is 4.90 Å². The van der Waals surface area contributed by atoms with Gasteiger partial charge in [0.25, 0.3) is 5.91 Å². The van der Waals surface area contributed by atoms with Crippen molar-refractivity contribution < 1.29 is 19.1 Å². The van der Waals surface area contributed by atoms with E-state index in [0.717, 1.165) is 0 Å². The van der Waals surface area contributed by atoms with Crippen LogP contribution in [0.25, 0.3) is 0 Å². The summed E-state index contributed by atoms with van der Waals surface area (Å²) < 4.78 is 10.1. The summed E-state index contributed by atoms with van der Waals surface area (Å²) in [7, 11) is 1.48. The van der Waals surface area contributed by atoms with Gasteiger partial charge in [-0.3, -0.25) is 4.79 Å². The second-order valence-electron chi connectivity index (χ2n) is 3.84. The Hall–Kier alpha value is -2.04. The van der Waals surface area contributed by atoms with Crippen LogP contribution in [0.1, 0.15) is 24.2 Å². The summed E-state index contributed by atoms with van der Waals surface area (Å²) >= 11 is 0. The zero-order valence-corrected chi connectivity index (χ0v) is 11.5. The Balaban J connectivity index is 2.63. The number of para-hydroxylation sites is 1. The first-order valence-electron chi connectivity index (χ1n) is 6.21. The molecule has 5 heteroatoms. The number of benzene rings is 1. The first-order valence-corrected chi connectivity index (χ1v) is 6.21. The number of carbonyl (C=O) groups excluding carboxylic acids is 2. The lowest BCUT2D eigenvalue weighted by atomic mass is 10.2. The van der Waals surface area contributed by atoms with Gasteiger partial charge in [0, 0.05) is 13.1 Å². The van der Waals surface area contributed by atoms with Gasteiger partial charge in [0.2, 0.25) is 0 Å². The minimum atomic E-state index is -0.557. The van der Waals surface area contributed by atoms with E-state index < -0.39 is 5.97 Å². The lowest BCUT2D eigenvalue weighted by Gasteiger charge is -2.18. The molecule has 0 aromatic heterocycles. The number of amides is 1. The molecule has 5 nitrogen and oxygen atoms in total. The normalized spacial score (nSPS) is 9.84. The highest BCUT2D eigenvalue weighted by Gasteiger charge is 2.16. The zero-order valence-electron chi connectivity index (χ0n) is 11.5. The van der Waals surface area contributed by atoms with Gasteiger partial charge in [0.05, 0.1) is 7.11 Å². The van der Waals surface area contributed by atoms with Gasteiger partial charge in [-0.1, -0.05) is 12.1 Å². The number of ether oxygens (including phenoxy) is 2. The zero-order chi connectivity index (χ0) is 14.3. The highest BCUT2D eigenvalue weighted by atomic mass is 16.5. The lowest BCUT2D eigenvalue weighted by Crippen LogP contribution is -2.34. The Kier molecular flexibility index (Phi) is 5.85. The largest absolute Gasteiger partial charge is 0.496 e. The third-order valence-corrected chi connectivity index (χ3v) is 2.77. The number of hydrogen-bond donors (Lipinski definition) is 0. The molecule has 0 fully saturated rings. The van der Waals surface area contributed by atoms with E-state index in [4.69, 9.17) is 9.47 Å². The van der Waals surface area contributed by atoms with Gasteiger partial charge >= 0.3 is 5.97 Å². The van der Waals surface area contributed by atoms with Crippen LogP contribution in [0, 0.1) is 0 Å². The Morgan fingerprint density at radius 2 is 1.79 bits per heavy atom. The molecule has 0 spiro atoms. The predicted octanol–water partition coefficient (Wildman–Crippen LogP) is 1.72. The molecule has 0 N–H and O–H groups in total. The molecule has 0 aliphatic carbocycles. The number of methoxy groups -OCH3 is 1. The van der Waals surface area contributed by atoms with Crippen LogP contribution in [0.3, 0.4) is 0 Å². The molecule has 0 heterocycles. The summed E-state index contributed by atoms with van der Waals surface area (Å²) in [5, 5.41) is 0. The van der Waals surface area contributed by atoms with Crippen molar-refractivity contribution in [1.29, 1.82) is 0 Å². The number of carbonyl (C=O) groups is 2. The molecular weight excluding hydrogens is 246 g/mol. The summed E-state index contributed by atoms with van der Waals surface area (Å²) in [4.78, 5) is 25.2. The maximum atomic E-state index is 11.9. The maximum absolute atomic E-state index is 11.9.